The maximum Gasteiger partial charge on any atom is 0.226 e. The Morgan fingerprint density at radius 3 is 2.60 bits per heavy atom. The van der Waals surface area contributed by atoms with E-state index >= 15 is 0 Å². The highest BCUT2D eigenvalue weighted by molar-refractivity contribution is 7.08. The van der Waals surface area contributed by atoms with Crippen molar-refractivity contribution in [2.75, 3.05) is 18.5 Å². The minimum Gasteiger partial charge on any atom is -0.491 e. The summed E-state index contributed by atoms with van der Waals surface area (Å²) in [4.78, 5) is 12.5. The second-order valence-electron chi connectivity index (χ2n) is 5.55. The number of carbonyl (C=O) groups excluding carboxylic acids is 1. The fraction of sp³-hybridized carbons (Fsp3) is 0.211. The Kier molecular flexibility index (Phi) is 5.87. The number of anilines is 1. The van der Waals surface area contributed by atoms with Crippen LogP contribution in [0.2, 0.25) is 0 Å². The first-order valence-electron chi connectivity index (χ1n) is 8.04. The van der Waals surface area contributed by atoms with Crippen LogP contribution in [0.5, 0.6) is 5.75 Å². The number of thiophene rings is 1. The summed E-state index contributed by atoms with van der Waals surface area (Å²) in [6.07, 6.45) is 4.31. The molecule has 0 spiro atoms. The van der Waals surface area contributed by atoms with E-state index in [1.165, 1.54) is 0 Å². The Morgan fingerprint density at radius 1 is 1.20 bits per heavy atom. The summed E-state index contributed by atoms with van der Waals surface area (Å²) in [5.41, 5.74) is 1.85. The lowest BCUT2D eigenvalue weighted by Gasteiger charge is -2.18. The van der Waals surface area contributed by atoms with Crippen molar-refractivity contribution in [3.63, 3.8) is 0 Å². The predicted molar refractivity (Wildman–Crippen MR) is 99.2 cm³/mol. The number of nitrogens with one attached hydrogen (secondary N) is 1. The predicted octanol–water partition coefficient (Wildman–Crippen LogP) is 3.54. The van der Waals surface area contributed by atoms with Crippen molar-refractivity contribution >= 4 is 22.9 Å². The van der Waals surface area contributed by atoms with Gasteiger partial charge in [-0.25, -0.2) is 0 Å². The van der Waals surface area contributed by atoms with Crippen molar-refractivity contribution < 1.29 is 14.6 Å². The molecule has 2 aromatic heterocycles. The van der Waals surface area contributed by atoms with Crippen LogP contribution in [-0.4, -0.2) is 28.8 Å². The lowest BCUT2D eigenvalue weighted by atomic mass is 10.1. The van der Waals surface area contributed by atoms with E-state index < -0.39 is 0 Å². The number of aliphatic hydroxyl groups excluding tert-OH is 1. The van der Waals surface area contributed by atoms with Gasteiger partial charge in [-0.1, -0.05) is 0 Å². The van der Waals surface area contributed by atoms with Gasteiger partial charge in [0.15, 0.2) is 0 Å². The molecule has 3 rings (SSSR count). The molecule has 1 amide bonds. The Bertz CT molecular complexity index is 733. The van der Waals surface area contributed by atoms with Crippen molar-refractivity contribution in [2.45, 2.75) is 12.5 Å². The van der Waals surface area contributed by atoms with Crippen LogP contribution in [0.25, 0.3) is 0 Å². The highest BCUT2D eigenvalue weighted by Crippen LogP contribution is 2.25. The molecule has 0 aliphatic carbocycles. The van der Waals surface area contributed by atoms with Crippen LogP contribution in [0.1, 0.15) is 18.0 Å². The normalized spacial score (nSPS) is 11.9. The van der Waals surface area contributed by atoms with E-state index in [1.807, 2.05) is 34.5 Å². The summed E-state index contributed by atoms with van der Waals surface area (Å²) in [7, 11) is 0. The lowest BCUT2D eigenvalue weighted by Crippen LogP contribution is -2.19. The molecule has 5 nitrogen and oxygen atoms in total. The first-order chi connectivity index (χ1) is 12.3. The summed E-state index contributed by atoms with van der Waals surface area (Å²) < 4.78 is 7.36. The Labute approximate surface area is 150 Å². The molecule has 0 bridgehead atoms. The molecule has 130 valence electrons. The SMILES string of the molecule is O=C(C[C@@H](c1ccsc1)n1cccc1)Nc1ccc(OCCO)cc1. The third kappa shape index (κ3) is 4.71. The average Bonchev–Trinajstić information content (AvgIpc) is 3.33. The number of ether oxygens (including phenoxy) is 1. The Hall–Kier alpha value is -2.57. The van der Waals surface area contributed by atoms with E-state index in [4.69, 9.17) is 9.84 Å². The zero-order chi connectivity index (χ0) is 17.5. The molecule has 25 heavy (non-hydrogen) atoms. The van der Waals surface area contributed by atoms with E-state index in [0.29, 0.717) is 12.2 Å². The second-order valence-corrected chi connectivity index (χ2v) is 6.33. The van der Waals surface area contributed by atoms with Gasteiger partial charge in [0.05, 0.1) is 19.1 Å². The molecule has 0 fully saturated rings. The maximum atomic E-state index is 12.5. The van der Waals surface area contributed by atoms with Crippen LogP contribution in [0.3, 0.4) is 0 Å². The largest absolute Gasteiger partial charge is 0.491 e. The highest BCUT2D eigenvalue weighted by atomic mass is 32.1. The van der Waals surface area contributed by atoms with Gasteiger partial charge >= 0.3 is 0 Å². The number of hydrogen-bond acceptors (Lipinski definition) is 4. The number of carbonyl (C=O) groups is 1. The monoisotopic (exact) mass is 356 g/mol. The third-order valence-corrected chi connectivity index (χ3v) is 4.49. The van der Waals surface area contributed by atoms with Crippen molar-refractivity contribution in [2.24, 2.45) is 0 Å². The van der Waals surface area contributed by atoms with Gasteiger partial charge in [0.25, 0.3) is 0 Å². The molecule has 0 aliphatic rings. The van der Waals surface area contributed by atoms with Crippen molar-refractivity contribution in [1.29, 1.82) is 0 Å². The summed E-state index contributed by atoms with van der Waals surface area (Å²) in [5, 5.41) is 15.8. The van der Waals surface area contributed by atoms with Crippen molar-refractivity contribution in [3.8, 4) is 5.75 Å². The van der Waals surface area contributed by atoms with Gasteiger partial charge in [-0.2, -0.15) is 11.3 Å². The van der Waals surface area contributed by atoms with Gasteiger partial charge in [-0.3, -0.25) is 4.79 Å². The smallest absolute Gasteiger partial charge is 0.226 e. The Morgan fingerprint density at radius 2 is 1.96 bits per heavy atom. The fourth-order valence-corrected chi connectivity index (χ4v) is 3.31. The zero-order valence-corrected chi connectivity index (χ0v) is 14.5. The number of benzene rings is 1. The molecule has 1 atom stereocenters. The van der Waals surface area contributed by atoms with Crippen LogP contribution in [-0.2, 0) is 4.79 Å². The molecule has 0 aliphatic heterocycles. The van der Waals surface area contributed by atoms with Crippen LogP contribution in [0.15, 0.2) is 65.6 Å². The molecule has 0 saturated heterocycles. The molecule has 0 unspecified atom stereocenters. The van der Waals surface area contributed by atoms with E-state index in [9.17, 15) is 4.79 Å². The lowest BCUT2D eigenvalue weighted by molar-refractivity contribution is -0.116. The molecular weight excluding hydrogens is 336 g/mol. The zero-order valence-electron chi connectivity index (χ0n) is 13.7. The second kappa shape index (κ2) is 8.50. The average molecular weight is 356 g/mol. The minimum absolute atomic E-state index is 0.0200. The summed E-state index contributed by atoms with van der Waals surface area (Å²) >= 11 is 1.63. The van der Waals surface area contributed by atoms with E-state index in [1.54, 1.807) is 35.6 Å². The number of hydrogen-bond donors (Lipinski definition) is 2. The standard InChI is InChI=1S/C19H20N2O3S/c22-10-11-24-17-5-3-16(4-6-17)20-19(23)13-18(15-7-12-25-14-15)21-8-1-2-9-21/h1-9,12,14,18,22H,10-11,13H2,(H,20,23)/t18-/m0/s1. The molecule has 6 heteroatoms. The first kappa shape index (κ1) is 17.3. The van der Waals surface area contributed by atoms with Gasteiger partial charge in [0.2, 0.25) is 5.91 Å². The van der Waals surface area contributed by atoms with Crippen LogP contribution < -0.4 is 10.1 Å². The van der Waals surface area contributed by atoms with Crippen LogP contribution in [0.4, 0.5) is 5.69 Å². The topological polar surface area (TPSA) is 63.5 Å². The van der Waals surface area contributed by atoms with Gasteiger partial charge < -0.3 is 19.7 Å². The molecule has 2 heterocycles. The van der Waals surface area contributed by atoms with Crippen molar-refractivity contribution in [3.05, 3.63) is 71.2 Å². The van der Waals surface area contributed by atoms with E-state index in [0.717, 1.165) is 11.3 Å². The summed E-state index contributed by atoms with van der Waals surface area (Å²) in [5.74, 6) is 0.615. The number of aliphatic hydroxyl groups is 1. The quantitative estimate of drug-likeness (QED) is 0.649. The molecule has 0 radical (unpaired) electrons. The summed E-state index contributed by atoms with van der Waals surface area (Å²) in [6.45, 7) is 0.229. The number of nitrogens with zero attached hydrogens (tertiary/aromatic N) is 1. The molecule has 2 N–H and O–H groups in total. The number of aromatic nitrogens is 1. The first-order valence-corrected chi connectivity index (χ1v) is 8.98. The van der Waals surface area contributed by atoms with Crippen molar-refractivity contribution in [1.82, 2.24) is 4.57 Å². The molecular formula is C19H20N2O3S. The highest BCUT2D eigenvalue weighted by Gasteiger charge is 2.17. The number of rotatable bonds is 8. The number of amides is 1. The third-order valence-electron chi connectivity index (χ3n) is 3.79. The fourth-order valence-electron chi connectivity index (χ4n) is 2.60. The minimum atomic E-state index is -0.0473. The van der Waals surface area contributed by atoms with Gasteiger partial charge in [0, 0.05) is 18.1 Å². The van der Waals surface area contributed by atoms with E-state index in [2.05, 4.69) is 16.8 Å². The van der Waals surface area contributed by atoms with Crippen LogP contribution in [0, 0.1) is 0 Å². The van der Waals surface area contributed by atoms with Gasteiger partial charge in [-0.15, -0.1) is 0 Å². The molecule has 0 saturated carbocycles. The van der Waals surface area contributed by atoms with Gasteiger partial charge in [-0.05, 0) is 58.8 Å². The molecule has 3 aromatic rings. The molecule has 1 aromatic carbocycles. The van der Waals surface area contributed by atoms with Crippen LogP contribution >= 0.6 is 11.3 Å². The van der Waals surface area contributed by atoms with E-state index in [-0.39, 0.29) is 25.2 Å². The summed E-state index contributed by atoms with van der Waals surface area (Å²) in [6, 6.07) is 13.1. The van der Waals surface area contributed by atoms with Gasteiger partial charge in [0.1, 0.15) is 12.4 Å². The maximum absolute atomic E-state index is 12.5. The Balaban J connectivity index is 1.64.